The Morgan fingerprint density at radius 2 is 2.09 bits per heavy atom. The summed E-state index contributed by atoms with van der Waals surface area (Å²) in [7, 11) is 0. The van der Waals surface area contributed by atoms with E-state index in [9.17, 15) is 24.3 Å². The van der Waals surface area contributed by atoms with Crippen LogP contribution in [0.5, 0.6) is 0 Å². The van der Waals surface area contributed by atoms with Crippen LogP contribution in [0.25, 0.3) is 0 Å². The lowest BCUT2D eigenvalue weighted by Crippen LogP contribution is -2.62. The van der Waals surface area contributed by atoms with Gasteiger partial charge in [-0.15, -0.1) is 11.8 Å². The van der Waals surface area contributed by atoms with Gasteiger partial charge in [0.05, 0.1) is 18.0 Å². The molecule has 0 aromatic carbocycles. The van der Waals surface area contributed by atoms with Crippen molar-refractivity contribution in [1.29, 1.82) is 0 Å². The first kappa shape index (κ1) is 24.0. The molecule has 33 heavy (non-hydrogen) atoms. The fourth-order valence-corrected chi connectivity index (χ4v) is 7.09. The highest BCUT2D eigenvalue weighted by atomic mass is 32.2. The van der Waals surface area contributed by atoms with E-state index < -0.39 is 11.9 Å². The molecule has 11 nitrogen and oxygen atoms in total. The van der Waals surface area contributed by atoms with E-state index in [1.165, 1.54) is 16.7 Å². The first-order valence-electron chi connectivity index (χ1n) is 11.4. The fraction of sp³-hybridized carbons (Fsp3) is 0.714. The van der Waals surface area contributed by atoms with Crippen molar-refractivity contribution in [3.63, 3.8) is 0 Å². The molecular weight excluding hydrogens is 448 g/mol. The van der Waals surface area contributed by atoms with Crippen LogP contribution in [0.2, 0.25) is 0 Å². The number of nitrogens with one attached hydrogen (secondary N) is 2. The zero-order valence-electron chi connectivity index (χ0n) is 18.8. The molecule has 7 N–H and O–H groups in total. The van der Waals surface area contributed by atoms with Gasteiger partial charge in [-0.05, 0) is 18.8 Å². The monoisotopic (exact) mass is 480 g/mol. The first-order chi connectivity index (χ1) is 15.6. The Hall–Kier alpha value is -2.15. The topological polar surface area (TPSA) is 171 Å². The highest BCUT2D eigenvalue weighted by Crippen LogP contribution is 2.53. The van der Waals surface area contributed by atoms with E-state index in [1.54, 1.807) is 4.90 Å². The maximum atomic E-state index is 12.9. The number of hydrogen-bond acceptors (Lipinski definition) is 8. The molecule has 3 amide bonds. The number of thioether (sulfide) groups is 1. The van der Waals surface area contributed by atoms with Crippen molar-refractivity contribution in [3.8, 4) is 0 Å². The summed E-state index contributed by atoms with van der Waals surface area (Å²) < 4.78 is 0. The normalized spacial score (nSPS) is 34.4. The first-order valence-corrected chi connectivity index (χ1v) is 12.3. The van der Waals surface area contributed by atoms with E-state index in [2.05, 4.69) is 10.7 Å². The quantitative estimate of drug-likeness (QED) is 0.130. The SMILES string of the molecule is CC(CC(=O)NN)[C@H]1C(=O)N2C(C(=O)O)=C(S[C@@H]3CN[C@H](C(=O)N4CCC(N)C4)C3)[C@H](C)[C@H]12. The van der Waals surface area contributed by atoms with Gasteiger partial charge < -0.3 is 26.0 Å². The number of aliphatic carboxylic acids is 1. The van der Waals surface area contributed by atoms with Crippen LogP contribution in [0.3, 0.4) is 0 Å². The van der Waals surface area contributed by atoms with E-state index in [0.717, 1.165) is 6.42 Å². The molecule has 2 unspecified atom stereocenters. The molecule has 12 heteroatoms. The standard InChI is InChI=1S/C21H32N6O5S/c1-9(5-14(28)25-23)15-16-10(2)18(17(21(31)32)27(16)20(15)30)33-12-6-13(24-7-12)19(29)26-4-3-11(22)8-26/h9-13,15-16,24H,3-8,22-23H2,1-2H3,(H,25,28)(H,31,32)/t9?,10-,11?,12+,13+,15-,16-/m1/s1. The summed E-state index contributed by atoms with van der Waals surface area (Å²) >= 11 is 1.45. The number of nitrogens with two attached hydrogens (primary N) is 2. The van der Waals surface area contributed by atoms with E-state index >= 15 is 0 Å². The Kier molecular flexibility index (Phi) is 6.72. The van der Waals surface area contributed by atoms with Gasteiger partial charge in [0.15, 0.2) is 0 Å². The number of likely N-dealkylation sites (tertiary alicyclic amines) is 1. The van der Waals surface area contributed by atoms with Gasteiger partial charge in [-0.3, -0.25) is 19.8 Å². The number of rotatable bonds is 7. The minimum absolute atomic E-state index is 0.0229. The van der Waals surface area contributed by atoms with Crippen LogP contribution in [0.4, 0.5) is 0 Å². The predicted molar refractivity (Wildman–Crippen MR) is 121 cm³/mol. The van der Waals surface area contributed by atoms with Crippen molar-refractivity contribution in [3.05, 3.63) is 10.6 Å². The maximum absolute atomic E-state index is 12.9. The Morgan fingerprint density at radius 1 is 1.36 bits per heavy atom. The number of hydrogen-bond donors (Lipinski definition) is 5. The second-order valence-corrected chi connectivity index (χ2v) is 10.9. The second-order valence-electron chi connectivity index (χ2n) is 9.55. The largest absolute Gasteiger partial charge is 0.477 e. The van der Waals surface area contributed by atoms with Gasteiger partial charge in [0.25, 0.3) is 0 Å². The molecule has 182 valence electrons. The summed E-state index contributed by atoms with van der Waals surface area (Å²) in [5, 5.41) is 13.2. The summed E-state index contributed by atoms with van der Waals surface area (Å²) in [6.45, 7) is 5.57. The number of carbonyl (C=O) groups excluding carboxylic acids is 3. The Labute approximate surface area is 196 Å². The lowest BCUT2D eigenvalue weighted by atomic mass is 9.73. The highest BCUT2D eigenvalue weighted by Gasteiger charge is 2.60. The third kappa shape index (κ3) is 4.25. The molecule has 0 spiro atoms. The van der Waals surface area contributed by atoms with Crippen molar-refractivity contribution >= 4 is 35.5 Å². The number of hydrazine groups is 1. The van der Waals surface area contributed by atoms with E-state index in [4.69, 9.17) is 11.6 Å². The van der Waals surface area contributed by atoms with Crippen LogP contribution in [0.1, 0.15) is 33.1 Å². The summed E-state index contributed by atoms with van der Waals surface area (Å²) in [6.07, 6.45) is 1.50. The minimum atomic E-state index is -1.13. The van der Waals surface area contributed by atoms with Gasteiger partial charge in [-0.1, -0.05) is 13.8 Å². The number of carboxylic acids is 1. The maximum Gasteiger partial charge on any atom is 0.353 e. The lowest BCUT2D eigenvalue weighted by molar-refractivity contribution is -0.160. The van der Waals surface area contributed by atoms with Crippen molar-refractivity contribution in [2.75, 3.05) is 19.6 Å². The van der Waals surface area contributed by atoms with E-state index in [1.807, 2.05) is 13.8 Å². The molecule has 0 aromatic rings. The zero-order chi connectivity index (χ0) is 24.0. The Balaban J connectivity index is 1.44. The molecule has 0 radical (unpaired) electrons. The zero-order valence-corrected chi connectivity index (χ0v) is 19.6. The Bertz CT molecular complexity index is 896. The smallest absolute Gasteiger partial charge is 0.353 e. The summed E-state index contributed by atoms with van der Waals surface area (Å²) in [5.74, 6) is 2.62. The summed E-state index contributed by atoms with van der Waals surface area (Å²) in [4.78, 5) is 53.4. The predicted octanol–water partition coefficient (Wildman–Crippen LogP) is -1.20. The van der Waals surface area contributed by atoms with Crippen LogP contribution in [0, 0.1) is 17.8 Å². The number of nitrogens with zero attached hydrogens (tertiary/aromatic N) is 2. The number of carbonyl (C=O) groups is 4. The average molecular weight is 481 g/mol. The van der Waals surface area contributed by atoms with Crippen LogP contribution in [-0.2, 0) is 19.2 Å². The average Bonchev–Trinajstić information content (AvgIpc) is 3.46. The number of carboxylic acid groups (broad SMARTS) is 1. The molecule has 7 atom stereocenters. The van der Waals surface area contributed by atoms with Crippen molar-refractivity contribution in [1.82, 2.24) is 20.5 Å². The molecule has 4 aliphatic heterocycles. The van der Waals surface area contributed by atoms with Gasteiger partial charge in [-0.25, -0.2) is 10.6 Å². The molecule has 4 rings (SSSR count). The summed E-state index contributed by atoms with van der Waals surface area (Å²) in [6, 6.07) is -0.569. The number of β-lactam (4-membered cyclic amide) rings is 1. The van der Waals surface area contributed by atoms with Crippen molar-refractivity contribution in [2.45, 2.75) is 56.5 Å². The van der Waals surface area contributed by atoms with Gasteiger partial charge in [-0.2, -0.15) is 0 Å². The second kappa shape index (κ2) is 9.24. The summed E-state index contributed by atoms with van der Waals surface area (Å²) in [5.41, 5.74) is 8.05. The third-order valence-electron chi connectivity index (χ3n) is 7.29. The molecule has 4 aliphatic rings. The molecular formula is C21H32N6O5S. The minimum Gasteiger partial charge on any atom is -0.477 e. The molecule has 4 heterocycles. The highest BCUT2D eigenvalue weighted by molar-refractivity contribution is 8.03. The van der Waals surface area contributed by atoms with Crippen molar-refractivity contribution < 1.29 is 24.3 Å². The molecule has 0 saturated carbocycles. The molecule has 3 fully saturated rings. The lowest BCUT2D eigenvalue weighted by Gasteiger charge is -2.47. The molecule has 0 aromatic heterocycles. The fourth-order valence-electron chi connectivity index (χ4n) is 5.61. The van der Waals surface area contributed by atoms with E-state index in [0.29, 0.717) is 31.0 Å². The van der Waals surface area contributed by atoms with Crippen LogP contribution in [0.15, 0.2) is 10.6 Å². The number of fused-ring (bicyclic) bond motifs is 1. The number of amides is 3. The Morgan fingerprint density at radius 3 is 2.70 bits per heavy atom. The van der Waals surface area contributed by atoms with E-state index in [-0.39, 0.29) is 65.1 Å². The van der Waals surface area contributed by atoms with Gasteiger partial charge in [0.2, 0.25) is 17.7 Å². The van der Waals surface area contributed by atoms with Crippen LogP contribution < -0.4 is 22.3 Å². The van der Waals surface area contributed by atoms with Crippen LogP contribution in [-0.4, -0.2) is 81.6 Å². The van der Waals surface area contributed by atoms with Crippen molar-refractivity contribution in [2.24, 2.45) is 29.3 Å². The molecule has 3 saturated heterocycles. The third-order valence-corrected chi connectivity index (χ3v) is 8.80. The van der Waals surface area contributed by atoms with Gasteiger partial charge in [0, 0.05) is 48.2 Å². The van der Waals surface area contributed by atoms with Gasteiger partial charge in [0.1, 0.15) is 5.70 Å². The molecule has 0 bridgehead atoms. The molecule has 0 aliphatic carbocycles. The van der Waals surface area contributed by atoms with Crippen LogP contribution >= 0.6 is 11.8 Å². The van der Waals surface area contributed by atoms with Gasteiger partial charge >= 0.3 is 5.97 Å².